The molecule has 0 saturated carbocycles. The third kappa shape index (κ3) is 6.81. The zero-order chi connectivity index (χ0) is 24.7. The smallest absolute Gasteiger partial charge is 0.246 e. The SMILES string of the molecule is CC(C)NS(=O)(=O)c1ccc(NC(=O)C(C)Nc2ccc(Oc3ccc(C#N)cc3)cc2)cc1. The number of nitrogens with zero attached hydrogens (tertiary/aromatic N) is 1. The summed E-state index contributed by atoms with van der Waals surface area (Å²) < 4.78 is 32.7. The van der Waals surface area contributed by atoms with Crippen LogP contribution in [0.1, 0.15) is 26.3 Å². The molecule has 3 N–H and O–H groups in total. The highest BCUT2D eigenvalue weighted by molar-refractivity contribution is 7.89. The first-order chi connectivity index (χ1) is 16.2. The summed E-state index contributed by atoms with van der Waals surface area (Å²) in [6.07, 6.45) is 0. The number of carbonyl (C=O) groups excluding carboxylic acids is 1. The minimum absolute atomic E-state index is 0.133. The van der Waals surface area contributed by atoms with Gasteiger partial charge in [-0.3, -0.25) is 4.79 Å². The maximum atomic E-state index is 12.6. The second kappa shape index (κ2) is 10.8. The molecule has 1 atom stereocenters. The molecule has 1 unspecified atom stereocenters. The van der Waals surface area contributed by atoms with Crippen LogP contribution in [0.3, 0.4) is 0 Å². The number of amides is 1. The van der Waals surface area contributed by atoms with Crippen LogP contribution in [0.25, 0.3) is 0 Å². The van der Waals surface area contributed by atoms with Crippen LogP contribution >= 0.6 is 0 Å². The van der Waals surface area contributed by atoms with Gasteiger partial charge >= 0.3 is 0 Å². The molecule has 0 saturated heterocycles. The lowest BCUT2D eigenvalue weighted by Crippen LogP contribution is -2.32. The van der Waals surface area contributed by atoms with E-state index in [1.165, 1.54) is 12.1 Å². The molecule has 0 aliphatic rings. The number of rotatable bonds is 9. The second-order valence-corrected chi connectivity index (χ2v) is 9.63. The topological polar surface area (TPSA) is 120 Å². The predicted octanol–water partition coefficient (Wildman–Crippen LogP) is 4.48. The summed E-state index contributed by atoms with van der Waals surface area (Å²) in [5.74, 6) is 0.967. The van der Waals surface area contributed by atoms with Gasteiger partial charge in [0, 0.05) is 17.4 Å². The fourth-order valence-electron chi connectivity index (χ4n) is 3.01. The van der Waals surface area contributed by atoms with Crippen molar-refractivity contribution in [2.75, 3.05) is 10.6 Å². The first-order valence-electron chi connectivity index (χ1n) is 10.6. The van der Waals surface area contributed by atoms with Gasteiger partial charge in [-0.15, -0.1) is 0 Å². The molecule has 176 valence electrons. The number of nitriles is 1. The molecular weight excluding hydrogens is 452 g/mol. The van der Waals surface area contributed by atoms with Crippen molar-refractivity contribution in [1.29, 1.82) is 5.26 Å². The van der Waals surface area contributed by atoms with Crippen LogP contribution in [0.5, 0.6) is 11.5 Å². The van der Waals surface area contributed by atoms with Crippen LogP contribution in [-0.4, -0.2) is 26.4 Å². The van der Waals surface area contributed by atoms with Gasteiger partial charge < -0.3 is 15.4 Å². The number of ether oxygens (including phenoxy) is 1. The molecule has 3 aromatic carbocycles. The van der Waals surface area contributed by atoms with E-state index in [2.05, 4.69) is 21.4 Å². The van der Waals surface area contributed by atoms with E-state index < -0.39 is 16.1 Å². The van der Waals surface area contributed by atoms with Gasteiger partial charge in [0.25, 0.3) is 0 Å². The standard InChI is InChI=1S/C25H26N4O4S/c1-17(2)29-34(31,32)24-14-8-21(9-15-24)28-25(30)18(3)27-20-6-12-23(13-7-20)33-22-10-4-19(16-26)5-11-22/h4-15,17-18,27,29H,1-3H3,(H,28,30). The van der Waals surface area contributed by atoms with Crippen molar-refractivity contribution in [3.05, 3.63) is 78.4 Å². The van der Waals surface area contributed by atoms with Crippen molar-refractivity contribution in [3.8, 4) is 17.6 Å². The second-order valence-electron chi connectivity index (χ2n) is 7.92. The van der Waals surface area contributed by atoms with Gasteiger partial charge in [-0.2, -0.15) is 5.26 Å². The van der Waals surface area contributed by atoms with E-state index in [1.54, 1.807) is 81.4 Å². The Kier molecular flexibility index (Phi) is 7.89. The monoisotopic (exact) mass is 478 g/mol. The van der Waals surface area contributed by atoms with E-state index in [9.17, 15) is 13.2 Å². The van der Waals surface area contributed by atoms with Crippen LogP contribution in [-0.2, 0) is 14.8 Å². The van der Waals surface area contributed by atoms with Gasteiger partial charge in [-0.05, 0) is 93.6 Å². The third-order valence-corrected chi connectivity index (χ3v) is 6.35. The van der Waals surface area contributed by atoms with Crippen LogP contribution in [0, 0.1) is 11.3 Å². The van der Waals surface area contributed by atoms with Crippen LogP contribution < -0.4 is 20.1 Å². The summed E-state index contributed by atoms with van der Waals surface area (Å²) in [5, 5.41) is 14.7. The van der Waals surface area contributed by atoms with Crippen LogP contribution in [0.15, 0.2) is 77.7 Å². The summed E-state index contributed by atoms with van der Waals surface area (Å²) in [4.78, 5) is 12.7. The Hall–Kier alpha value is -3.87. The average Bonchev–Trinajstić information content (AvgIpc) is 2.80. The fraction of sp³-hybridized carbons (Fsp3) is 0.200. The normalized spacial score (nSPS) is 12.0. The minimum atomic E-state index is -3.59. The van der Waals surface area contributed by atoms with Gasteiger partial charge in [0.2, 0.25) is 15.9 Å². The molecule has 0 aromatic heterocycles. The lowest BCUT2D eigenvalue weighted by Gasteiger charge is -2.16. The van der Waals surface area contributed by atoms with Gasteiger partial charge in [0.1, 0.15) is 17.5 Å². The van der Waals surface area contributed by atoms with E-state index in [4.69, 9.17) is 10.00 Å². The fourth-order valence-corrected chi connectivity index (χ4v) is 4.27. The van der Waals surface area contributed by atoms with E-state index in [0.717, 1.165) is 5.69 Å². The predicted molar refractivity (Wildman–Crippen MR) is 131 cm³/mol. The van der Waals surface area contributed by atoms with E-state index in [1.807, 2.05) is 0 Å². The van der Waals surface area contributed by atoms with Crippen molar-refractivity contribution in [1.82, 2.24) is 4.72 Å². The highest BCUT2D eigenvalue weighted by atomic mass is 32.2. The number of carbonyl (C=O) groups is 1. The number of nitrogens with one attached hydrogen (secondary N) is 3. The number of anilines is 2. The highest BCUT2D eigenvalue weighted by Crippen LogP contribution is 2.24. The average molecular weight is 479 g/mol. The van der Waals surface area contributed by atoms with E-state index in [-0.39, 0.29) is 16.8 Å². The summed E-state index contributed by atoms with van der Waals surface area (Å²) in [5.41, 5.74) is 1.78. The highest BCUT2D eigenvalue weighted by Gasteiger charge is 2.16. The zero-order valence-corrected chi connectivity index (χ0v) is 19.9. The van der Waals surface area contributed by atoms with E-state index >= 15 is 0 Å². The summed E-state index contributed by atoms with van der Waals surface area (Å²) in [6.45, 7) is 5.22. The van der Waals surface area contributed by atoms with Crippen molar-refractivity contribution in [2.45, 2.75) is 37.8 Å². The minimum Gasteiger partial charge on any atom is -0.457 e. The Bertz CT molecular complexity index is 1260. The third-order valence-electron chi connectivity index (χ3n) is 4.67. The molecule has 34 heavy (non-hydrogen) atoms. The van der Waals surface area contributed by atoms with Crippen LogP contribution in [0.4, 0.5) is 11.4 Å². The van der Waals surface area contributed by atoms with Gasteiger partial charge in [0.15, 0.2) is 0 Å². The zero-order valence-electron chi connectivity index (χ0n) is 19.1. The molecule has 0 fully saturated rings. The Morgan fingerprint density at radius 2 is 1.38 bits per heavy atom. The Balaban J connectivity index is 1.55. The molecule has 0 spiro atoms. The Morgan fingerprint density at radius 3 is 1.91 bits per heavy atom. The number of benzene rings is 3. The maximum absolute atomic E-state index is 12.6. The summed E-state index contributed by atoms with van der Waals surface area (Å²) >= 11 is 0. The first kappa shape index (κ1) is 24.8. The first-order valence-corrected chi connectivity index (χ1v) is 12.1. The molecule has 0 heterocycles. The lowest BCUT2D eigenvalue weighted by molar-refractivity contribution is -0.116. The molecule has 1 amide bonds. The van der Waals surface area contributed by atoms with E-state index in [0.29, 0.717) is 22.7 Å². The molecule has 9 heteroatoms. The molecule has 0 bridgehead atoms. The van der Waals surface area contributed by atoms with Crippen molar-refractivity contribution >= 4 is 27.3 Å². The quantitative estimate of drug-likeness (QED) is 0.417. The molecule has 0 radical (unpaired) electrons. The molecular formula is C25H26N4O4S. The van der Waals surface area contributed by atoms with Crippen molar-refractivity contribution in [3.63, 3.8) is 0 Å². The van der Waals surface area contributed by atoms with Gasteiger partial charge in [-0.25, -0.2) is 13.1 Å². The van der Waals surface area contributed by atoms with Gasteiger partial charge in [-0.1, -0.05) is 0 Å². The summed E-state index contributed by atoms with van der Waals surface area (Å²) in [7, 11) is -3.59. The Morgan fingerprint density at radius 1 is 0.853 bits per heavy atom. The number of hydrogen-bond donors (Lipinski definition) is 3. The molecule has 3 aromatic rings. The lowest BCUT2D eigenvalue weighted by atomic mass is 10.2. The molecule has 3 rings (SSSR count). The molecule has 8 nitrogen and oxygen atoms in total. The largest absolute Gasteiger partial charge is 0.457 e. The number of hydrogen-bond acceptors (Lipinski definition) is 6. The number of sulfonamides is 1. The van der Waals surface area contributed by atoms with Gasteiger partial charge in [0.05, 0.1) is 16.5 Å². The maximum Gasteiger partial charge on any atom is 0.246 e. The van der Waals surface area contributed by atoms with Crippen LogP contribution in [0.2, 0.25) is 0 Å². The summed E-state index contributed by atoms with van der Waals surface area (Å²) in [6, 6.07) is 21.2. The van der Waals surface area contributed by atoms with Crippen molar-refractivity contribution < 1.29 is 17.9 Å². The van der Waals surface area contributed by atoms with Crippen molar-refractivity contribution in [2.24, 2.45) is 0 Å². The Labute approximate surface area is 199 Å². The molecule has 0 aliphatic carbocycles. The molecule has 0 aliphatic heterocycles.